The molecule has 0 saturated carbocycles. The first kappa shape index (κ1) is 21.2. The Morgan fingerprint density at radius 3 is 2.45 bits per heavy atom. The zero-order valence-corrected chi connectivity index (χ0v) is 18.8. The van der Waals surface area contributed by atoms with Gasteiger partial charge in [0.05, 0.1) is 14.2 Å². The van der Waals surface area contributed by atoms with Gasteiger partial charge in [-0.1, -0.05) is 18.2 Å². The molecule has 7 nitrogen and oxygen atoms in total. The summed E-state index contributed by atoms with van der Waals surface area (Å²) in [6.45, 7) is 1.98. The number of carbonyl (C=O) groups is 2. The number of carbonyl (C=O) groups excluding carboxylic acids is 2. The molecule has 0 fully saturated rings. The lowest BCUT2D eigenvalue weighted by Gasteiger charge is -2.36. The molecule has 0 N–H and O–H groups in total. The van der Waals surface area contributed by atoms with Crippen molar-refractivity contribution in [3.63, 3.8) is 0 Å². The number of hydrogen-bond donors (Lipinski definition) is 0. The summed E-state index contributed by atoms with van der Waals surface area (Å²) in [7, 11) is 2.99. The lowest BCUT2D eigenvalue weighted by atomic mass is 9.69. The van der Waals surface area contributed by atoms with Crippen molar-refractivity contribution in [1.29, 1.82) is 0 Å². The Labute approximate surface area is 192 Å². The van der Waals surface area contributed by atoms with Gasteiger partial charge in [0.2, 0.25) is 6.79 Å². The third-order valence-corrected chi connectivity index (χ3v) is 6.69. The molecular weight excluding hydrogens is 422 g/mol. The van der Waals surface area contributed by atoms with Gasteiger partial charge in [-0.05, 0) is 54.7 Å². The van der Waals surface area contributed by atoms with Crippen molar-refractivity contribution in [2.24, 2.45) is 10.9 Å². The highest BCUT2D eigenvalue weighted by Crippen LogP contribution is 2.48. The van der Waals surface area contributed by atoms with E-state index in [0.29, 0.717) is 35.6 Å². The second-order valence-electron chi connectivity index (χ2n) is 8.51. The van der Waals surface area contributed by atoms with Crippen molar-refractivity contribution >= 4 is 17.5 Å². The number of nitrogens with zero attached hydrogens (tertiary/aromatic N) is 1. The number of fused-ring (bicyclic) bond motifs is 1. The second-order valence-corrected chi connectivity index (χ2v) is 8.51. The summed E-state index contributed by atoms with van der Waals surface area (Å²) in [4.78, 5) is 31.1. The van der Waals surface area contributed by atoms with E-state index in [1.165, 1.54) is 7.11 Å². The van der Waals surface area contributed by atoms with Gasteiger partial charge in [0.25, 0.3) is 0 Å². The highest BCUT2D eigenvalue weighted by atomic mass is 16.7. The topological polar surface area (TPSA) is 83.4 Å². The summed E-state index contributed by atoms with van der Waals surface area (Å²) in [5.41, 5.74) is 3.87. The molecule has 170 valence electrons. The van der Waals surface area contributed by atoms with Crippen LogP contribution in [0.2, 0.25) is 0 Å². The van der Waals surface area contributed by atoms with Gasteiger partial charge < -0.3 is 18.9 Å². The van der Waals surface area contributed by atoms with Crippen molar-refractivity contribution in [3.05, 3.63) is 64.9 Å². The Morgan fingerprint density at radius 1 is 1.00 bits per heavy atom. The van der Waals surface area contributed by atoms with Gasteiger partial charge in [-0.25, -0.2) is 0 Å². The average Bonchev–Trinajstić information content (AvgIpc) is 3.30. The van der Waals surface area contributed by atoms with Crippen molar-refractivity contribution in [3.8, 4) is 17.2 Å². The molecule has 0 spiro atoms. The van der Waals surface area contributed by atoms with Crippen molar-refractivity contribution < 1.29 is 28.5 Å². The zero-order chi connectivity index (χ0) is 23.1. The number of esters is 1. The summed E-state index contributed by atoms with van der Waals surface area (Å²) in [6, 6.07) is 13.4. The number of methoxy groups -OCH3 is 2. The molecule has 3 atom stereocenters. The van der Waals surface area contributed by atoms with Crippen LogP contribution in [0.1, 0.15) is 42.7 Å². The van der Waals surface area contributed by atoms with E-state index in [2.05, 4.69) is 0 Å². The quantitative estimate of drug-likeness (QED) is 0.654. The van der Waals surface area contributed by atoms with Gasteiger partial charge in [-0.2, -0.15) is 0 Å². The third-order valence-electron chi connectivity index (χ3n) is 6.69. The van der Waals surface area contributed by atoms with Gasteiger partial charge in [0.15, 0.2) is 17.3 Å². The largest absolute Gasteiger partial charge is 0.497 e. The molecule has 0 aromatic heterocycles. The molecule has 7 heteroatoms. The van der Waals surface area contributed by atoms with Crippen molar-refractivity contribution in [2.75, 3.05) is 21.0 Å². The molecule has 33 heavy (non-hydrogen) atoms. The van der Waals surface area contributed by atoms with Crippen LogP contribution in [0.25, 0.3) is 0 Å². The third kappa shape index (κ3) is 3.67. The summed E-state index contributed by atoms with van der Waals surface area (Å²) in [5, 5.41) is 0. The first-order valence-electron chi connectivity index (χ1n) is 10.9. The van der Waals surface area contributed by atoms with Crippen LogP contribution in [0.4, 0.5) is 0 Å². The van der Waals surface area contributed by atoms with E-state index < -0.39 is 17.8 Å². The number of benzene rings is 2. The molecule has 5 rings (SSSR count). The lowest BCUT2D eigenvalue weighted by Crippen LogP contribution is -2.37. The highest BCUT2D eigenvalue weighted by Gasteiger charge is 2.45. The van der Waals surface area contributed by atoms with E-state index >= 15 is 0 Å². The van der Waals surface area contributed by atoms with Gasteiger partial charge in [-0.3, -0.25) is 14.6 Å². The minimum atomic E-state index is -0.671. The van der Waals surface area contributed by atoms with Crippen LogP contribution >= 0.6 is 0 Å². The van der Waals surface area contributed by atoms with E-state index in [9.17, 15) is 9.59 Å². The molecule has 2 aliphatic heterocycles. The molecule has 0 saturated heterocycles. The summed E-state index contributed by atoms with van der Waals surface area (Å²) < 4.78 is 21.4. The molecule has 2 heterocycles. The predicted octanol–water partition coefficient (Wildman–Crippen LogP) is 4.17. The summed E-state index contributed by atoms with van der Waals surface area (Å²) in [6.07, 6.45) is 0.981. The Hall–Kier alpha value is -3.61. The van der Waals surface area contributed by atoms with E-state index in [4.69, 9.17) is 23.9 Å². The molecule has 0 bridgehead atoms. The van der Waals surface area contributed by atoms with E-state index in [-0.39, 0.29) is 18.5 Å². The molecule has 3 aliphatic rings. The number of ether oxygens (including phenoxy) is 4. The summed E-state index contributed by atoms with van der Waals surface area (Å²) >= 11 is 0. The Kier molecular flexibility index (Phi) is 5.40. The number of aliphatic imine (C=N–C) groups is 1. The van der Waals surface area contributed by atoms with Crippen molar-refractivity contribution in [2.45, 2.75) is 31.6 Å². The highest BCUT2D eigenvalue weighted by molar-refractivity contribution is 6.09. The monoisotopic (exact) mass is 447 g/mol. The number of ketones is 1. The fourth-order valence-corrected chi connectivity index (χ4v) is 5.07. The molecular formula is C26H25NO6. The number of hydrogen-bond acceptors (Lipinski definition) is 7. The van der Waals surface area contributed by atoms with Crippen molar-refractivity contribution in [1.82, 2.24) is 0 Å². The lowest BCUT2D eigenvalue weighted by molar-refractivity contribution is -0.143. The molecule has 2 aromatic carbocycles. The minimum Gasteiger partial charge on any atom is -0.497 e. The maximum atomic E-state index is 13.6. The summed E-state index contributed by atoms with van der Waals surface area (Å²) in [5.74, 6) is 0.498. The van der Waals surface area contributed by atoms with E-state index in [1.54, 1.807) is 7.11 Å². The van der Waals surface area contributed by atoms with E-state index in [0.717, 1.165) is 22.6 Å². The molecule has 1 aliphatic carbocycles. The fraction of sp³-hybridized carbons (Fsp3) is 0.346. The number of allylic oxidation sites excluding steroid dienone is 2. The van der Waals surface area contributed by atoms with Gasteiger partial charge >= 0.3 is 5.97 Å². The van der Waals surface area contributed by atoms with Crippen LogP contribution in [0.3, 0.4) is 0 Å². The Morgan fingerprint density at radius 2 is 1.73 bits per heavy atom. The Balaban J connectivity index is 1.57. The van der Waals surface area contributed by atoms with Crippen LogP contribution < -0.4 is 14.2 Å². The van der Waals surface area contributed by atoms with Crippen LogP contribution in [-0.4, -0.2) is 38.5 Å². The number of rotatable bonds is 4. The Bertz CT molecular complexity index is 1180. The first-order valence-corrected chi connectivity index (χ1v) is 10.9. The maximum Gasteiger partial charge on any atom is 0.315 e. The normalized spacial score (nSPS) is 23.7. The van der Waals surface area contributed by atoms with Crippen LogP contribution in [0.5, 0.6) is 17.2 Å². The molecule has 2 aromatic rings. The predicted molar refractivity (Wildman–Crippen MR) is 121 cm³/mol. The second kappa shape index (κ2) is 8.39. The van der Waals surface area contributed by atoms with Gasteiger partial charge in [-0.15, -0.1) is 0 Å². The van der Waals surface area contributed by atoms with Gasteiger partial charge in [0, 0.05) is 29.3 Å². The standard InChI is InChI=1S/C26H25NO6/c1-14-23(26(29)31-3)24(16-6-9-21-22(12-16)33-13-32-21)25-19(27-14)10-17(11-20(25)28)15-4-7-18(30-2)8-5-15/h4-9,12,17,23-24H,10-11,13H2,1-3H3/t17-,23?,24+/m0/s1. The molecule has 0 radical (unpaired) electrons. The smallest absolute Gasteiger partial charge is 0.315 e. The van der Waals surface area contributed by atoms with Crippen LogP contribution in [0.15, 0.2) is 58.7 Å². The van der Waals surface area contributed by atoms with Crippen LogP contribution in [-0.2, 0) is 14.3 Å². The van der Waals surface area contributed by atoms with E-state index in [1.807, 2.05) is 49.4 Å². The molecule has 0 amide bonds. The van der Waals surface area contributed by atoms with Crippen LogP contribution in [0, 0.1) is 5.92 Å². The zero-order valence-electron chi connectivity index (χ0n) is 18.8. The first-order chi connectivity index (χ1) is 16.0. The SMILES string of the molecule is COC(=O)C1C(C)=NC2=C(C(=O)C[C@@H](c3ccc(OC)cc3)C2)[C@@H]1c1ccc2c(c1)OCO2. The fourth-order valence-electron chi connectivity index (χ4n) is 5.07. The minimum absolute atomic E-state index is 0.00453. The molecule has 1 unspecified atom stereocenters. The van der Waals surface area contributed by atoms with Gasteiger partial charge in [0.1, 0.15) is 11.7 Å². The average molecular weight is 447 g/mol. The number of Topliss-reactive ketones (excluding diaryl/α,β-unsaturated/α-hetero) is 1. The maximum absolute atomic E-state index is 13.6.